The van der Waals surface area contributed by atoms with E-state index in [0.29, 0.717) is 17.3 Å². The Morgan fingerprint density at radius 3 is 2.18 bits per heavy atom. The first kappa shape index (κ1) is 24.1. The summed E-state index contributed by atoms with van der Waals surface area (Å²) in [5.74, 6) is -0.387. The molecule has 178 valence electrons. The van der Waals surface area contributed by atoms with Crippen LogP contribution in [0.25, 0.3) is 0 Å². The number of hydrogen-bond acceptors (Lipinski definition) is 4. The first-order valence-electron chi connectivity index (χ1n) is 11.3. The van der Waals surface area contributed by atoms with Crippen LogP contribution in [0.2, 0.25) is 5.02 Å². The molecule has 1 aliphatic rings. The molecule has 1 fully saturated rings. The van der Waals surface area contributed by atoms with E-state index < -0.39 is 10.0 Å². The Hall–Kier alpha value is -3.03. The van der Waals surface area contributed by atoms with Crippen molar-refractivity contribution >= 4 is 38.9 Å². The summed E-state index contributed by atoms with van der Waals surface area (Å²) in [4.78, 5) is 15.3. The number of amides is 1. The van der Waals surface area contributed by atoms with Crippen molar-refractivity contribution in [3.8, 4) is 0 Å². The fraction of sp³-hybridized carbons (Fsp3) is 0.269. The molecule has 1 aliphatic heterocycles. The van der Waals surface area contributed by atoms with Crippen molar-refractivity contribution in [1.82, 2.24) is 5.32 Å². The molecule has 8 heteroatoms. The summed E-state index contributed by atoms with van der Waals surface area (Å²) in [6.07, 6.45) is 2.43. The van der Waals surface area contributed by atoms with Crippen LogP contribution in [-0.4, -0.2) is 34.0 Å². The molecule has 34 heavy (non-hydrogen) atoms. The van der Waals surface area contributed by atoms with E-state index in [2.05, 4.69) is 22.3 Å². The number of nitrogens with one attached hydrogen (secondary N) is 1. The van der Waals surface area contributed by atoms with E-state index in [9.17, 15) is 13.2 Å². The van der Waals surface area contributed by atoms with Gasteiger partial charge >= 0.3 is 0 Å². The number of sulfonamides is 1. The SMILES string of the molecule is Cc1ccc(N(CC(=O)NCc2ccc(N3CCCC3)cc2)S(=O)(=O)c2ccc(Cl)cc2)cc1. The second-order valence-electron chi connectivity index (χ2n) is 8.44. The number of carbonyl (C=O) groups excluding carboxylic acids is 1. The van der Waals surface area contributed by atoms with Gasteiger partial charge < -0.3 is 10.2 Å². The van der Waals surface area contributed by atoms with E-state index in [4.69, 9.17) is 11.6 Å². The van der Waals surface area contributed by atoms with Crippen molar-refractivity contribution in [2.75, 3.05) is 28.8 Å². The highest BCUT2D eigenvalue weighted by atomic mass is 35.5. The zero-order chi connectivity index (χ0) is 24.1. The second-order valence-corrected chi connectivity index (χ2v) is 10.7. The first-order valence-corrected chi connectivity index (χ1v) is 13.1. The maximum Gasteiger partial charge on any atom is 0.264 e. The lowest BCUT2D eigenvalue weighted by molar-refractivity contribution is -0.119. The molecule has 3 aromatic carbocycles. The van der Waals surface area contributed by atoms with Gasteiger partial charge in [-0.05, 0) is 73.9 Å². The summed E-state index contributed by atoms with van der Waals surface area (Å²) < 4.78 is 27.9. The minimum Gasteiger partial charge on any atom is -0.372 e. The Kier molecular flexibility index (Phi) is 7.44. The van der Waals surface area contributed by atoms with Gasteiger partial charge in [0.15, 0.2) is 0 Å². The summed E-state index contributed by atoms with van der Waals surface area (Å²) in [6.45, 7) is 4.06. The number of anilines is 2. The highest BCUT2D eigenvalue weighted by molar-refractivity contribution is 7.92. The van der Waals surface area contributed by atoms with Crippen LogP contribution in [0, 0.1) is 6.92 Å². The molecule has 0 saturated carbocycles. The van der Waals surface area contributed by atoms with Gasteiger partial charge in [-0.1, -0.05) is 41.4 Å². The lowest BCUT2D eigenvalue weighted by Gasteiger charge is -2.24. The van der Waals surface area contributed by atoms with Crippen LogP contribution in [0.3, 0.4) is 0 Å². The lowest BCUT2D eigenvalue weighted by Crippen LogP contribution is -2.40. The van der Waals surface area contributed by atoms with Crippen LogP contribution in [0.1, 0.15) is 24.0 Å². The number of aryl methyl sites for hydroxylation is 1. The molecule has 0 unspecified atom stereocenters. The molecular weight excluding hydrogens is 470 g/mol. The maximum absolute atomic E-state index is 13.4. The Labute approximate surface area is 206 Å². The fourth-order valence-electron chi connectivity index (χ4n) is 3.95. The molecule has 1 N–H and O–H groups in total. The van der Waals surface area contributed by atoms with Crippen molar-refractivity contribution in [2.45, 2.75) is 31.2 Å². The third-order valence-corrected chi connectivity index (χ3v) is 7.95. The number of rotatable bonds is 8. The van der Waals surface area contributed by atoms with Gasteiger partial charge in [0.25, 0.3) is 10.0 Å². The van der Waals surface area contributed by atoms with Crippen LogP contribution in [-0.2, 0) is 21.4 Å². The van der Waals surface area contributed by atoms with Crippen molar-refractivity contribution in [1.29, 1.82) is 0 Å². The van der Waals surface area contributed by atoms with Gasteiger partial charge in [0.2, 0.25) is 5.91 Å². The van der Waals surface area contributed by atoms with E-state index >= 15 is 0 Å². The average molecular weight is 498 g/mol. The number of halogens is 1. The summed E-state index contributed by atoms with van der Waals surface area (Å²) in [5.41, 5.74) is 3.56. The van der Waals surface area contributed by atoms with Crippen molar-refractivity contribution < 1.29 is 13.2 Å². The van der Waals surface area contributed by atoms with Crippen LogP contribution in [0.15, 0.2) is 77.7 Å². The van der Waals surface area contributed by atoms with Gasteiger partial charge in [-0.3, -0.25) is 9.10 Å². The van der Waals surface area contributed by atoms with Crippen molar-refractivity contribution in [2.24, 2.45) is 0 Å². The van der Waals surface area contributed by atoms with Crippen LogP contribution >= 0.6 is 11.6 Å². The lowest BCUT2D eigenvalue weighted by atomic mass is 10.2. The number of benzene rings is 3. The van der Waals surface area contributed by atoms with E-state index in [0.717, 1.165) is 28.5 Å². The van der Waals surface area contributed by atoms with Gasteiger partial charge in [-0.15, -0.1) is 0 Å². The zero-order valence-electron chi connectivity index (χ0n) is 19.1. The summed E-state index contributed by atoms with van der Waals surface area (Å²) >= 11 is 5.93. The highest BCUT2D eigenvalue weighted by Crippen LogP contribution is 2.25. The largest absolute Gasteiger partial charge is 0.372 e. The molecule has 0 atom stereocenters. The van der Waals surface area contributed by atoms with Gasteiger partial charge in [0, 0.05) is 30.3 Å². The molecule has 0 bridgehead atoms. The molecule has 6 nitrogen and oxygen atoms in total. The first-order chi connectivity index (χ1) is 16.3. The van der Waals surface area contributed by atoms with Crippen LogP contribution in [0.4, 0.5) is 11.4 Å². The quantitative estimate of drug-likeness (QED) is 0.487. The Bertz CT molecular complexity index is 1220. The highest BCUT2D eigenvalue weighted by Gasteiger charge is 2.27. The van der Waals surface area contributed by atoms with E-state index in [1.165, 1.54) is 42.8 Å². The normalized spacial score (nSPS) is 13.6. The predicted molar refractivity (Wildman–Crippen MR) is 137 cm³/mol. The summed E-state index contributed by atoms with van der Waals surface area (Å²) in [5, 5.41) is 3.29. The Balaban J connectivity index is 1.48. The number of carbonyl (C=O) groups is 1. The van der Waals surface area contributed by atoms with Gasteiger partial charge in [0.05, 0.1) is 10.6 Å². The van der Waals surface area contributed by atoms with Gasteiger partial charge in [-0.25, -0.2) is 8.42 Å². The average Bonchev–Trinajstić information content (AvgIpc) is 3.37. The van der Waals surface area contributed by atoms with Crippen molar-refractivity contribution in [3.63, 3.8) is 0 Å². The topological polar surface area (TPSA) is 69.7 Å². The van der Waals surface area contributed by atoms with E-state index in [1.54, 1.807) is 12.1 Å². The number of hydrogen-bond donors (Lipinski definition) is 1. The molecule has 1 saturated heterocycles. The monoisotopic (exact) mass is 497 g/mol. The fourth-order valence-corrected chi connectivity index (χ4v) is 5.49. The van der Waals surface area contributed by atoms with E-state index in [1.807, 2.05) is 31.2 Å². The van der Waals surface area contributed by atoms with Gasteiger partial charge in [0.1, 0.15) is 6.54 Å². The van der Waals surface area contributed by atoms with Gasteiger partial charge in [-0.2, -0.15) is 0 Å². The van der Waals surface area contributed by atoms with Crippen LogP contribution < -0.4 is 14.5 Å². The third kappa shape index (κ3) is 5.72. The summed E-state index contributed by atoms with van der Waals surface area (Å²) in [7, 11) is -3.97. The molecule has 0 aromatic heterocycles. The molecule has 0 radical (unpaired) electrons. The molecule has 0 aliphatic carbocycles. The zero-order valence-corrected chi connectivity index (χ0v) is 20.6. The molecule has 1 heterocycles. The molecule has 0 spiro atoms. The standard InChI is InChI=1S/C26H28ClN3O3S/c1-20-4-10-24(11-5-20)30(34(32,33)25-14-8-22(27)9-15-25)19-26(31)28-18-21-6-12-23(13-7-21)29-16-2-3-17-29/h4-15H,2-3,16-19H2,1H3,(H,28,31). The minimum absolute atomic E-state index is 0.0720. The number of nitrogens with zero attached hydrogens (tertiary/aromatic N) is 2. The molecule has 1 amide bonds. The smallest absolute Gasteiger partial charge is 0.264 e. The Morgan fingerprint density at radius 1 is 0.941 bits per heavy atom. The third-order valence-electron chi connectivity index (χ3n) is 5.91. The minimum atomic E-state index is -3.97. The van der Waals surface area contributed by atoms with Crippen molar-refractivity contribution in [3.05, 3.63) is 88.9 Å². The second kappa shape index (κ2) is 10.5. The van der Waals surface area contributed by atoms with E-state index in [-0.39, 0.29) is 17.3 Å². The van der Waals surface area contributed by atoms with Crippen LogP contribution in [0.5, 0.6) is 0 Å². The predicted octanol–water partition coefficient (Wildman–Crippen LogP) is 4.76. The summed E-state index contributed by atoms with van der Waals surface area (Å²) in [6, 6.07) is 21.1. The molecule has 4 rings (SSSR count). The molecule has 3 aromatic rings. The molecular formula is C26H28ClN3O3S. The maximum atomic E-state index is 13.4. The Morgan fingerprint density at radius 2 is 1.56 bits per heavy atom.